The van der Waals surface area contributed by atoms with E-state index in [1.165, 1.54) is 7.11 Å². The van der Waals surface area contributed by atoms with Crippen LogP contribution in [0.4, 0.5) is 0 Å². The average molecular weight is 167 g/mol. The van der Waals surface area contributed by atoms with Gasteiger partial charge in [0, 0.05) is 0 Å². The van der Waals surface area contributed by atoms with Crippen molar-refractivity contribution in [3.8, 4) is 6.07 Å². The fourth-order valence-electron chi connectivity index (χ4n) is 0.996. The molecule has 0 aliphatic carbocycles. The molecule has 0 saturated heterocycles. The van der Waals surface area contributed by atoms with Crippen LogP contribution in [0.5, 0.6) is 0 Å². The first-order valence-corrected chi connectivity index (χ1v) is 3.62. The SMILES string of the molecule is COC(=O)[C@@H]1CCC=C(C#N)O1. The van der Waals surface area contributed by atoms with E-state index in [2.05, 4.69) is 4.74 Å². The van der Waals surface area contributed by atoms with Crippen molar-refractivity contribution in [2.75, 3.05) is 7.11 Å². The number of nitrogens with zero attached hydrogens (tertiary/aromatic N) is 1. The van der Waals surface area contributed by atoms with Crippen molar-refractivity contribution >= 4 is 5.97 Å². The fourth-order valence-corrected chi connectivity index (χ4v) is 0.996. The normalized spacial score (nSPS) is 21.7. The van der Waals surface area contributed by atoms with Gasteiger partial charge in [-0.3, -0.25) is 0 Å². The molecule has 0 bridgehead atoms. The van der Waals surface area contributed by atoms with E-state index in [-0.39, 0.29) is 5.76 Å². The Morgan fingerprint density at radius 3 is 3.25 bits per heavy atom. The number of allylic oxidation sites excluding steroid dienone is 2. The number of methoxy groups -OCH3 is 1. The second-order valence-corrected chi connectivity index (χ2v) is 2.39. The van der Waals surface area contributed by atoms with Crippen LogP contribution in [0.25, 0.3) is 0 Å². The largest absolute Gasteiger partial charge is 0.469 e. The van der Waals surface area contributed by atoms with Gasteiger partial charge < -0.3 is 9.47 Å². The Labute approximate surface area is 70.4 Å². The Morgan fingerprint density at radius 1 is 1.92 bits per heavy atom. The zero-order chi connectivity index (χ0) is 8.97. The lowest BCUT2D eigenvalue weighted by atomic mass is 10.1. The molecule has 12 heavy (non-hydrogen) atoms. The summed E-state index contributed by atoms with van der Waals surface area (Å²) in [6, 6.07) is 1.84. The average Bonchev–Trinajstić information content (AvgIpc) is 2.17. The molecule has 0 aromatic carbocycles. The molecule has 0 aromatic rings. The Kier molecular flexibility index (Phi) is 2.70. The summed E-state index contributed by atoms with van der Waals surface area (Å²) >= 11 is 0. The third-order valence-electron chi connectivity index (χ3n) is 1.60. The maximum Gasteiger partial charge on any atom is 0.347 e. The molecule has 0 unspecified atom stereocenters. The third kappa shape index (κ3) is 1.76. The zero-order valence-electron chi connectivity index (χ0n) is 6.74. The molecule has 1 heterocycles. The number of hydrogen-bond donors (Lipinski definition) is 0. The maximum atomic E-state index is 10.9. The van der Waals surface area contributed by atoms with Gasteiger partial charge >= 0.3 is 5.97 Å². The monoisotopic (exact) mass is 167 g/mol. The second-order valence-electron chi connectivity index (χ2n) is 2.39. The van der Waals surface area contributed by atoms with Crippen LogP contribution in [0.1, 0.15) is 12.8 Å². The van der Waals surface area contributed by atoms with Gasteiger partial charge in [-0.25, -0.2) is 4.79 Å². The zero-order valence-corrected chi connectivity index (χ0v) is 6.74. The van der Waals surface area contributed by atoms with Crippen LogP contribution >= 0.6 is 0 Å². The lowest BCUT2D eigenvalue weighted by Gasteiger charge is -2.18. The van der Waals surface area contributed by atoms with Crippen molar-refractivity contribution in [3.05, 3.63) is 11.8 Å². The predicted octanol–water partition coefficient (Wildman–Crippen LogP) is 0.746. The number of nitriles is 1. The molecule has 4 heteroatoms. The molecule has 0 fully saturated rings. The highest BCUT2D eigenvalue weighted by Crippen LogP contribution is 2.16. The second kappa shape index (κ2) is 3.77. The first-order chi connectivity index (χ1) is 5.77. The van der Waals surface area contributed by atoms with Gasteiger partial charge in [0.1, 0.15) is 6.07 Å². The summed E-state index contributed by atoms with van der Waals surface area (Å²) in [6.45, 7) is 0. The van der Waals surface area contributed by atoms with Crippen LogP contribution in [0.3, 0.4) is 0 Å². The molecular weight excluding hydrogens is 158 g/mol. The highest BCUT2D eigenvalue weighted by Gasteiger charge is 2.24. The van der Waals surface area contributed by atoms with E-state index in [9.17, 15) is 4.79 Å². The Morgan fingerprint density at radius 2 is 2.67 bits per heavy atom. The summed E-state index contributed by atoms with van der Waals surface area (Å²) in [7, 11) is 1.30. The summed E-state index contributed by atoms with van der Waals surface area (Å²) in [4.78, 5) is 10.9. The first kappa shape index (κ1) is 8.60. The molecule has 64 valence electrons. The summed E-state index contributed by atoms with van der Waals surface area (Å²) in [5.41, 5.74) is 0. The van der Waals surface area contributed by atoms with Crippen molar-refractivity contribution in [1.29, 1.82) is 5.26 Å². The molecule has 0 spiro atoms. The van der Waals surface area contributed by atoms with Crippen molar-refractivity contribution in [3.63, 3.8) is 0 Å². The van der Waals surface area contributed by atoms with E-state index < -0.39 is 12.1 Å². The van der Waals surface area contributed by atoms with Crippen LogP contribution in [-0.4, -0.2) is 19.2 Å². The van der Waals surface area contributed by atoms with Gasteiger partial charge in [0.2, 0.25) is 0 Å². The van der Waals surface area contributed by atoms with E-state index in [1.807, 2.05) is 6.07 Å². The summed E-state index contributed by atoms with van der Waals surface area (Å²) < 4.78 is 9.50. The number of carbonyl (C=O) groups excluding carboxylic acids is 1. The van der Waals surface area contributed by atoms with E-state index in [4.69, 9.17) is 10.00 Å². The van der Waals surface area contributed by atoms with Gasteiger partial charge in [-0.1, -0.05) is 0 Å². The van der Waals surface area contributed by atoms with Gasteiger partial charge in [-0.05, 0) is 18.9 Å². The van der Waals surface area contributed by atoms with Crippen LogP contribution in [0, 0.1) is 11.3 Å². The molecule has 0 N–H and O–H groups in total. The van der Waals surface area contributed by atoms with Gasteiger partial charge in [-0.15, -0.1) is 0 Å². The van der Waals surface area contributed by atoms with Crippen molar-refractivity contribution in [1.82, 2.24) is 0 Å². The van der Waals surface area contributed by atoms with Gasteiger partial charge in [-0.2, -0.15) is 5.26 Å². The lowest BCUT2D eigenvalue weighted by Crippen LogP contribution is -2.27. The fraction of sp³-hybridized carbons (Fsp3) is 0.500. The van der Waals surface area contributed by atoms with Crippen LogP contribution in [0.15, 0.2) is 11.8 Å². The van der Waals surface area contributed by atoms with Crippen LogP contribution in [0.2, 0.25) is 0 Å². The molecule has 1 aliphatic rings. The van der Waals surface area contributed by atoms with Crippen LogP contribution in [-0.2, 0) is 14.3 Å². The topological polar surface area (TPSA) is 59.3 Å². The van der Waals surface area contributed by atoms with E-state index in [0.29, 0.717) is 12.8 Å². The standard InChI is InChI=1S/C8H9NO3/c1-11-8(10)7-4-2-3-6(5-9)12-7/h3,7H,2,4H2,1H3/t7-/m0/s1. The lowest BCUT2D eigenvalue weighted by molar-refractivity contribution is -0.152. The highest BCUT2D eigenvalue weighted by atomic mass is 16.6. The minimum Gasteiger partial charge on any atom is -0.469 e. The van der Waals surface area contributed by atoms with Gasteiger partial charge in [0.15, 0.2) is 11.9 Å². The molecule has 0 aromatic heterocycles. The Balaban J connectivity index is 2.58. The Hall–Kier alpha value is -1.50. The number of ether oxygens (including phenoxy) is 2. The summed E-state index contributed by atoms with van der Waals surface area (Å²) in [5, 5.41) is 8.47. The van der Waals surface area contributed by atoms with E-state index >= 15 is 0 Å². The number of esters is 1. The molecule has 1 atom stereocenters. The summed E-state index contributed by atoms with van der Waals surface area (Å²) in [5.74, 6) is -0.215. The van der Waals surface area contributed by atoms with Crippen LogP contribution < -0.4 is 0 Å². The van der Waals surface area contributed by atoms with E-state index in [1.54, 1.807) is 6.08 Å². The van der Waals surface area contributed by atoms with Gasteiger partial charge in [0.25, 0.3) is 0 Å². The number of hydrogen-bond acceptors (Lipinski definition) is 4. The van der Waals surface area contributed by atoms with Gasteiger partial charge in [0.05, 0.1) is 7.11 Å². The molecule has 0 radical (unpaired) electrons. The molecule has 1 rings (SSSR count). The quantitative estimate of drug-likeness (QED) is 0.540. The molecular formula is C8H9NO3. The van der Waals surface area contributed by atoms with Crippen molar-refractivity contribution < 1.29 is 14.3 Å². The van der Waals surface area contributed by atoms with E-state index in [0.717, 1.165) is 0 Å². The Bertz CT molecular complexity index is 252. The first-order valence-electron chi connectivity index (χ1n) is 3.62. The molecule has 1 aliphatic heterocycles. The summed E-state index contributed by atoms with van der Waals surface area (Å²) in [6.07, 6.45) is 2.33. The molecule has 4 nitrogen and oxygen atoms in total. The number of rotatable bonds is 1. The van der Waals surface area contributed by atoms with Crippen molar-refractivity contribution in [2.45, 2.75) is 18.9 Å². The third-order valence-corrected chi connectivity index (χ3v) is 1.60. The molecule has 0 amide bonds. The smallest absolute Gasteiger partial charge is 0.347 e. The highest BCUT2D eigenvalue weighted by molar-refractivity contribution is 5.74. The minimum absolute atomic E-state index is 0.205. The molecule has 0 saturated carbocycles. The maximum absolute atomic E-state index is 10.9. The number of carbonyl (C=O) groups is 1. The predicted molar refractivity (Wildman–Crippen MR) is 39.8 cm³/mol. The minimum atomic E-state index is -0.602. The van der Waals surface area contributed by atoms with Crippen molar-refractivity contribution in [2.24, 2.45) is 0 Å².